The fourth-order valence-electron chi connectivity index (χ4n) is 2.97. The van der Waals surface area contributed by atoms with Crippen molar-refractivity contribution in [2.24, 2.45) is 0 Å². The van der Waals surface area contributed by atoms with Crippen molar-refractivity contribution in [2.45, 2.75) is 32.7 Å². The van der Waals surface area contributed by atoms with E-state index in [0.29, 0.717) is 23.7 Å². The molecule has 2 heterocycles. The van der Waals surface area contributed by atoms with Gasteiger partial charge in [-0.2, -0.15) is 0 Å². The standard InChI is InChI=1S/C19H24N4O3/c1-2-22-14-20-12-17(22)19(25)21-15-6-8-16(9-7-15)26-13-18(24)23-10-4-3-5-11-23/h6-9,12,14H,2-5,10-11,13H2,1H3,(H,21,25). The second-order valence-electron chi connectivity index (χ2n) is 6.27. The van der Waals surface area contributed by atoms with Crippen LogP contribution in [-0.2, 0) is 11.3 Å². The average molecular weight is 356 g/mol. The molecule has 0 saturated carbocycles. The number of aryl methyl sites for hydroxylation is 1. The number of carbonyl (C=O) groups excluding carboxylic acids is 2. The van der Waals surface area contributed by atoms with E-state index in [-0.39, 0.29) is 18.4 Å². The first-order valence-corrected chi connectivity index (χ1v) is 8.99. The van der Waals surface area contributed by atoms with E-state index in [1.54, 1.807) is 41.4 Å². The Balaban J connectivity index is 1.51. The number of nitrogens with zero attached hydrogens (tertiary/aromatic N) is 3. The molecule has 1 aliphatic heterocycles. The fourth-order valence-corrected chi connectivity index (χ4v) is 2.97. The van der Waals surface area contributed by atoms with Gasteiger partial charge in [-0.25, -0.2) is 4.98 Å². The molecule has 2 amide bonds. The maximum atomic E-state index is 12.3. The molecule has 1 N–H and O–H groups in total. The third-order valence-corrected chi connectivity index (χ3v) is 4.47. The molecule has 1 aromatic heterocycles. The highest BCUT2D eigenvalue weighted by Gasteiger charge is 2.17. The number of anilines is 1. The Kier molecular flexibility index (Phi) is 5.88. The summed E-state index contributed by atoms with van der Waals surface area (Å²) in [6.45, 7) is 4.32. The van der Waals surface area contributed by atoms with Crippen molar-refractivity contribution in [3.63, 3.8) is 0 Å². The SMILES string of the molecule is CCn1cncc1C(=O)Nc1ccc(OCC(=O)N2CCCCC2)cc1. The number of aromatic nitrogens is 2. The second-order valence-corrected chi connectivity index (χ2v) is 6.27. The molecule has 0 atom stereocenters. The molecule has 0 bridgehead atoms. The Morgan fingerprint density at radius 1 is 1.15 bits per heavy atom. The van der Waals surface area contributed by atoms with Crippen LogP contribution >= 0.6 is 0 Å². The lowest BCUT2D eigenvalue weighted by Crippen LogP contribution is -2.38. The van der Waals surface area contributed by atoms with Crippen molar-refractivity contribution in [2.75, 3.05) is 25.0 Å². The largest absolute Gasteiger partial charge is 0.484 e. The van der Waals surface area contributed by atoms with E-state index in [1.807, 2.05) is 11.8 Å². The predicted octanol–water partition coefficient (Wildman–Crippen LogP) is 2.55. The first-order valence-electron chi connectivity index (χ1n) is 8.99. The summed E-state index contributed by atoms with van der Waals surface area (Å²) in [5.41, 5.74) is 1.17. The van der Waals surface area contributed by atoms with Crippen molar-refractivity contribution in [3.8, 4) is 5.75 Å². The lowest BCUT2D eigenvalue weighted by Gasteiger charge is -2.26. The molecule has 7 heteroatoms. The number of ether oxygens (including phenoxy) is 1. The third-order valence-electron chi connectivity index (χ3n) is 4.47. The highest BCUT2D eigenvalue weighted by molar-refractivity contribution is 6.02. The van der Waals surface area contributed by atoms with Crippen LogP contribution in [0.2, 0.25) is 0 Å². The summed E-state index contributed by atoms with van der Waals surface area (Å²) in [5, 5.41) is 2.83. The van der Waals surface area contributed by atoms with Gasteiger partial charge in [0.1, 0.15) is 11.4 Å². The number of hydrogen-bond donors (Lipinski definition) is 1. The Hall–Kier alpha value is -2.83. The highest BCUT2D eigenvalue weighted by Crippen LogP contribution is 2.17. The summed E-state index contributed by atoms with van der Waals surface area (Å²) in [6.07, 6.45) is 6.50. The van der Waals surface area contributed by atoms with Crippen molar-refractivity contribution >= 4 is 17.5 Å². The van der Waals surface area contributed by atoms with Crippen molar-refractivity contribution in [1.82, 2.24) is 14.5 Å². The molecule has 3 rings (SSSR count). The van der Waals surface area contributed by atoms with Crippen LogP contribution in [0.3, 0.4) is 0 Å². The Morgan fingerprint density at radius 3 is 2.58 bits per heavy atom. The minimum atomic E-state index is -0.210. The first kappa shape index (κ1) is 18.0. The number of nitrogens with one attached hydrogen (secondary N) is 1. The van der Waals surface area contributed by atoms with E-state index >= 15 is 0 Å². The fraction of sp³-hybridized carbons (Fsp3) is 0.421. The van der Waals surface area contributed by atoms with Gasteiger partial charge in [-0.1, -0.05) is 0 Å². The Morgan fingerprint density at radius 2 is 1.88 bits per heavy atom. The molecule has 1 fully saturated rings. The number of likely N-dealkylation sites (tertiary alicyclic amines) is 1. The van der Waals surface area contributed by atoms with E-state index in [1.165, 1.54) is 6.42 Å². The maximum absolute atomic E-state index is 12.3. The summed E-state index contributed by atoms with van der Waals surface area (Å²) < 4.78 is 7.35. The number of amides is 2. The molecular formula is C19H24N4O3. The molecule has 7 nitrogen and oxygen atoms in total. The predicted molar refractivity (Wildman–Crippen MR) is 98.2 cm³/mol. The van der Waals surface area contributed by atoms with Crippen LogP contribution in [0.5, 0.6) is 5.75 Å². The lowest BCUT2D eigenvalue weighted by atomic mass is 10.1. The van der Waals surface area contributed by atoms with Crippen molar-refractivity contribution < 1.29 is 14.3 Å². The molecule has 1 aliphatic rings. The van der Waals surface area contributed by atoms with Crippen LogP contribution in [0.4, 0.5) is 5.69 Å². The summed E-state index contributed by atoms with van der Waals surface area (Å²) in [5.74, 6) is 0.417. The molecule has 2 aromatic rings. The summed E-state index contributed by atoms with van der Waals surface area (Å²) in [6, 6.07) is 7.00. The monoisotopic (exact) mass is 356 g/mol. The van der Waals surface area contributed by atoms with E-state index in [2.05, 4.69) is 10.3 Å². The third kappa shape index (κ3) is 4.41. The van der Waals surface area contributed by atoms with Gasteiger partial charge in [0.2, 0.25) is 0 Å². The van der Waals surface area contributed by atoms with Gasteiger partial charge in [0, 0.05) is 25.3 Å². The number of rotatable bonds is 6. The van der Waals surface area contributed by atoms with Gasteiger partial charge in [-0.3, -0.25) is 9.59 Å². The summed E-state index contributed by atoms with van der Waals surface area (Å²) >= 11 is 0. The number of carbonyl (C=O) groups is 2. The van der Waals surface area contributed by atoms with Gasteiger partial charge in [-0.05, 0) is 50.5 Å². The molecule has 1 saturated heterocycles. The molecule has 0 spiro atoms. The van der Waals surface area contributed by atoms with Crippen LogP contribution in [0.15, 0.2) is 36.8 Å². The van der Waals surface area contributed by atoms with Crippen molar-refractivity contribution in [3.05, 3.63) is 42.5 Å². The second kappa shape index (κ2) is 8.51. The van der Waals surface area contributed by atoms with Gasteiger partial charge < -0.3 is 19.5 Å². The number of benzene rings is 1. The highest BCUT2D eigenvalue weighted by atomic mass is 16.5. The molecule has 0 radical (unpaired) electrons. The summed E-state index contributed by atoms with van der Waals surface area (Å²) in [7, 11) is 0. The number of hydrogen-bond acceptors (Lipinski definition) is 4. The zero-order valence-electron chi connectivity index (χ0n) is 15.0. The minimum Gasteiger partial charge on any atom is -0.484 e. The Bertz CT molecular complexity index is 748. The Labute approximate surface area is 153 Å². The topological polar surface area (TPSA) is 76.5 Å². The average Bonchev–Trinajstić information content (AvgIpc) is 3.17. The van der Waals surface area contributed by atoms with E-state index in [9.17, 15) is 9.59 Å². The number of piperidine rings is 1. The van der Waals surface area contributed by atoms with Crippen LogP contribution in [0, 0.1) is 0 Å². The molecule has 0 aliphatic carbocycles. The first-order chi connectivity index (χ1) is 12.7. The van der Waals surface area contributed by atoms with E-state index < -0.39 is 0 Å². The summed E-state index contributed by atoms with van der Waals surface area (Å²) in [4.78, 5) is 30.2. The molecular weight excluding hydrogens is 332 g/mol. The van der Waals surface area contributed by atoms with Gasteiger partial charge in [0.05, 0.1) is 12.5 Å². The lowest BCUT2D eigenvalue weighted by molar-refractivity contribution is -0.134. The van der Waals surface area contributed by atoms with Gasteiger partial charge >= 0.3 is 0 Å². The van der Waals surface area contributed by atoms with Crippen LogP contribution in [0.25, 0.3) is 0 Å². The molecule has 1 aromatic carbocycles. The zero-order chi connectivity index (χ0) is 18.4. The normalized spacial score (nSPS) is 14.1. The van der Waals surface area contributed by atoms with Gasteiger partial charge in [0.25, 0.3) is 11.8 Å². The molecule has 138 valence electrons. The minimum absolute atomic E-state index is 0.0231. The maximum Gasteiger partial charge on any atom is 0.273 e. The van der Waals surface area contributed by atoms with Crippen molar-refractivity contribution in [1.29, 1.82) is 0 Å². The smallest absolute Gasteiger partial charge is 0.273 e. The van der Waals surface area contributed by atoms with Crippen LogP contribution in [-0.4, -0.2) is 46.0 Å². The van der Waals surface area contributed by atoms with Crippen LogP contribution in [0.1, 0.15) is 36.7 Å². The van der Waals surface area contributed by atoms with E-state index in [0.717, 1.165) is 25.9 Å². The zero-order valence-corrected chi connectivity index (χ0v) is 15.0. The number of imidazole rings is 1. The quantitative estimate of drug-likeness (QED) is 0.863. The van der Waals surface area contributed by atoms with E-state index in [4.69, 9.17) is 4.74 Å². The van der Waals surface area contributed by atoms with Gasteiger partial charge in [0.15, 0.2) is 6.61 Å². The molecule has 26 heavy (non-hydrogen) atoms. The van der Waals surface area contributed by atoms with Gasteiger partial charge in [-0.15, -0.1) is 0 Å². The molecule has 0 unspecified atom stereocenters. The van der Waals surface area contributed by atoms with Crippen LogP contribution < -0.4 is 10.1 Å².